The second-order valence-corrected chi connectivity index (χ2v) is 4.70. The zero-order valence-corrected chi connectivity index (χ0v) is 12.7. The van der Waals surface area contributed by atoms with Crippen LogP contribution in [0.3, 0.4) is 0 Å². The Labute approximate surface area is 126 Å². The molecule has 0 radical (unpaired) electrons. The van der Waals surface area contributed by atoms with Crippen LogP contribution >= 0.6 is 0 Å². The zero-order chi connectivity index (χ0) is 15.2. The van der Waals surface area contributed by atoms with Crippen LogP contribution in [-0.2, 0) is 23.7 Å². The summed E-state index contributed by atoms with van der Waals surface area (Å²) < 4.78 is 20.9. The lowest BCUT2D eigenvalue weighted by Gasteiger charge is -2.12. The van der Waals surface area contributed by atoms with Crippen LogP contribution in [0.5, 0.6) is 0 Å². The highest BCUT2D eigenvalue weighted by Gasteiger charge is 2.12. The largest absolute Gasteiger partial charge is 0.460 e. The van der Waals surface area contributed by atoms with Crippen LogP contribution in [0.15, 0.2) is 24.3 Å². The average molecular weight is 298 g/mol. The fraction of sp³-hybridized carbons (Fsp3) is 0.688. The minimum absolute atomic E-state index is 0.200. The molecule has 0 unspecified atom stereocenters. The fourth-order valence-corrected chi connectivity index (χ4v) is 1.92. The highest BCUT2D eigenvalue weighted by Crippen LogP contribution is 2.18. The summed E-state index contributed by atoms with van der Waals surface area (Å²) in [6.07, 6.45) is 7.74. The molecule has 0 aliphatic heterocycles. The van der Waals surface area contributed by atoms with Gasteiger partial charge >= 0.3 is 5.97 Å². The minimum atomic E-state index is -0.200. The summed E-state index contributed by atoms with van der Waals surface area (Å²) in [6, 6.07) is 0. The van der Waals surface area contributed by atoms with Crippen molar-refractivity contribution < 1.29 is 23.7 Å². The molecule has 0 fully saturated rings. The van der Waals surface area contributed by atoms with E-state index in [0.717, 1.165) is 24.8 Å². The molecule has 0 amide bonds. The van der Waals surface area contributed by atoms with Crippen molar-refractivity contribution in [3.05, 3.63) is 24.3 Å². The Balaban J connectivity index is 1.85. The number of carbonyl (C=O) groups is 1. The van der Waals surface area contributed by atoms with E-state index in [1.54, 1.807) is 6.08 Å². The number of esters is 1. The number of ether oxygens (including phenoxy) is 4. The number of carbonyl (C=O) groups excluding carboxylic acids is 1. The molecule has 5 heteroatoms. The Morgan fingerprint density at radius 1 is 1.05 bits per heavy atom. The highest BCUT2D eigenvalue weighted by atomic mass is 16.6. The summed E-state index contributed by atoms with van der Waals surface area (Å²) >= 11 is 0. The van der Waals surface area contributed by atoms with Crippen molar-refractivity contribution in [2.45, 2.75) is 25.7 Å². The maximum absolute atomic E-state index is 11.7. The van der Waals surface area contributed by atoms with Gasteiger partial charge in [-0.25, -0.2) is 4.79 Å². The van der Waals surface area contributed by atoms with Gasteiger partial charge in [-0.15, -0.1) is 6.58 Å². The van der Waals surface area contributed by atoms with Gasteiger partial charge in [-0.05, 0) is 25.7 Å². The van der Waals surface area contributed by atoms with Gasteiger partial charge in [0.25, 0.3) is 0 Å². The van der Waals surface area contributed by atoms with Crippen LogP contribution in [0.2, 0.25) is 0 Å². The van der Waals surface area contributed by atoms with E-state index in [0.29, 0.717) is 46.2 Å². The zero-order valence-electron chi connectivity index (χ0n) is 12.7. The molecule has 120 valence electrons. The topological polar surface area (TPSA) is 54.0 Å². The van der Waals surface area contributed by atoms with E-state index in [1.165, 1.54) is 6.42 Å². The van der Waals surface area contributed by atoms with E-state index < -0.39 is 0 Å². The van der Waals surface area contributed by atoms with Gasteiger partial charge in [-0.2, -0.15) is 0 Å². The molecule has 0 aromatic heterocycles. The average Bonchev–Trinajstić information content (AvgIpc) is 2.53. The first kappa shape index (κ1) is 17.9. The fourth-order valence-electron chi connectivity index (χ4n) is 1.92. The molecule has 1 aliphatic rings. The molecular formula is C16H26O5. The molecule has 0 atom stereocenters. The summed E-state index contributed by atoms with van der Waals surface area (Å²) in [7, 11) is 0. The van der Waals surface area contributed by atoms with Crippen LogP contribution in [0, 0.1) is 0 Å². The van der Waals surface area contributed by atoms with Crippen LogP contribution < -0.4 is 0 Å². The van der Waals surface area contributed by atoms with Crippen LogP contribution in [-0.4, -0.2) is 52.2 Å². The van der Waals surface area contributed by atoms with Gasteiger partial charge in [0.2, 0.25) is 0 Å². The SMILES string of the molecule is C=CCOCCOCCOCCOC(=O)C1=CCCCC1. The van der Waals surface area contributed by atoms with Crippen molar-refractivity contribution in [2.24, 2.45) is 0 Å². The first-order valence-electron chi connectivity index (χ1n) is 7.55. The third-order valence-electron chi connectivity index (χ3n) is 2.99. The number of rotatable bonds is 12. The van der Waals surface area contributed by atoms with E-state index >= 15 is 0 Å². The highest BCUT2D eigenvalue weighted by molar-refractivity contribution is 5.88. The van der Waals surface area contributed by atoms with Gasteiger partial charge in [-0.3, -0.25) is 0 Å². The van der Waals surface area contributed by atoms with E-state index in [2.05, 4.69) is 6.58 Å². The molecule has 0 N–H and O–H groups in total. The first-order valence-corrected chi connectivity index (χ1v) is 7.55. The number of allylic oxidation sites excluding steroid dienone is 1. The van der Waals surface area contributed by atoms with Gasteiger partial charge < -0.3 is 18.9 Å². The van der Waals surface area contributed by atoms with Crippen molar-refractivity contribution in [3.8, 4) is 0 Å². The van der Waals surface area contributed by atoms with Crippen LogP contribution in [0.4, 0.5) is 0 Å². The third kappa shape index (κ3) is 9.39. The lowest BCUT2D eigenvalue weighted by atomic mass is 10.00. The summed E-state index contributed by atoms with van der Waals surface area (Å²) in [5.41, 5.74) is 0.809. The maximum atomic E-state index is 11.7. The van der Waals surface area contributed by atoms with Crippen molar-refractivity contribution in [3.63, 3.8) is 0 Å². The quantitative estimate of drug-likeness (QED) is 0.314. The Hall–Kier alpha value is -1.17. The van der Waals surface area contributed by atoms with Gasteiger partial charge in [0.1, 0.15) is 6.61 Å². The molecule has 21 heavy (non-hydrogen) atoms. The number of hydrogen-bond acceptors (Lipinski definition) is 5. The molecule has 1 rings (SSSR count). The summed E-state index contributed by atoms with van der Waals surface area (Å²) in [5, 5.41) is 0. The maximum Gasteiger partial charge on any atom is 0.333 e. The molecule has 0 spiro atoms. The van der Waals surface area contributed by atoms with Gasteiger partial charge in [0, 0.05) is 5.57 Å². The predicted molar refractivity (Wildman–Crippen MR) is 80.2 cm³/mol. The van der Waals surface area contributed by atoms with Crippen molar-refractivity contribution in [2.75, 3.05) is 46.2 Å². The molecule has 5 nitrogen and oxygen atoms in total. The van der Waals surface area contributed by atoms with Gasteiger partial charge in [0.05, 0.1) is 39.6 Å². The minimum Gasteiger partial charge on any atom is -0.460 e. The van der Waals surface area contributed by atoms with E-state index in [-0.39, 0.29) is 5.97 Å². The van der Waals surface area contributed by atoms with Crippen molar-refractivity contribution in [1.82, 2.24) is 0 Å². The summed E-state index contributed by atoms with van der Waals surface area (Å²) in [4.78, 5) is 11.7. The standard InChI is InChI=1S/C16H26O5/c1-2-8-18-9-10-19-11-12-20-13-14-21-16(17)15-6-4-3-5-7-15/h2,6H,1,3-5,7-14H2. The first-order chi connectivity index (χ1) is 10.3. The smallest absolute Gasteiger partial charge is 0.333 e. The lowest BCUT2D eigenvalue weighted by Crippen LogP contribution is -2.15. The molecular weight excluding hydrogens is 272 g/mol. The third-order valence-corrected chi connectivity index (χ3v) is 2.99. The van der Waals surface area contributed by atoms with E-state index in [1.807, 2.05) is 6.08 Å². The summed E-state index contributed by atoms with van der Waals surface area (Å²) in [6.45, 7) is 6.88. The second kappa shape index (κ2) is 12.6. The normalized spacial score (nSPS) is 14.6. The van der Waals surface area contributed by atoms with Gasteiger partial charge in [0.15, 0.2) is 0 Å². The number of hydrogen-bond donors (Lipinski definition) is 0. The van der Waals surface area contributed by atoms with Crippen molar-refractivity contribution in [1.29, 1.82) is 0 Å². The molecule has 0 aromatic carbocycles. The second-order valence-electron chi connectivity index (χ2n) is 4.70. The molecule has 1 aliphatic carbocycles. The van der Waals surface area contributed by atoms with Crippen LogP contribution in [0.25, 0.3) is 0 Å². The van der Waals surface area contributed by atoms with Gasteiger partial charge in [-0.1, -0.05) is 12.2 Å². The summed E-state index contributed by atoms with van der Waals surface area (Å²) in [5.74, 6) is -0.200. The Morgan fingerprint density at radius 3 is 2.33 bits per heavy atom. The molecule has 0 heterocycles. The molecule has 0 aromatic rings. The predicted octanol–water partition coefficient (Wildman–Crippen LogP) is 2.27. The Bertz CT molecular complexity index is 325. The van der Waals surface area contributed by atoms with E-state index in [4.69, 9.17) is 18.9 Å². The van der Waals surface area contributed by atoms with Crippen LogP contribution in [0.1, 0.15) is 25.7 Å². The Morgan fingerprint density at radius 2 is 1.71 bits per heavy atom. The lowest BCUT2D eigenvalue weighted by molar-refractivity contribution is -0.141. The monoisotopic (exact) mass is 298 g/mol. The Kier molecular flexibility index (Phi) is 10.7. The molecule has 0 bridgehead atoms. The van der Waals surface area contributed by atoms with Crippen molar-refractivity contribution >= 4 is 5.97 Å². The molecule has 0 saturated carbocycles. The van der Waals surface area contributed by atoms with E-state index in [9.17, 15) is 4.79 Å². The molecule has 0 saturated heterocycles.